The second-order valence-corrected chi connectivity index (χ2v) is 9.01. The lowest BCUT2D eigenvalue weighted by atomic mass is 9.87. The summed E-state index contributed by atoms with van der Waals surface area (Å²) in [6.07, 6.45) is 9.68. The molecule has 0 spiro atoms. The van der Waals surface area contributed by atoms with Crippen LogP contribution in [0.4, 0.5) is 14.5 Å². The Balaban J connectivity index is 1.47. The van der Waals surface area contributed by atoms with Crippen LogP contribution in [-0.4, -0.2) is 5.16 Å². The van der Waals surface area contributed by atoms with Crippen molar-refractivity contribution in [2.45, 2.75) is 51.9 Å². The fourth-order valence-corrected chi connectivity index (χ4v) is 4.45. The Bertz CT molecular complexity index is 1330. The van der Waals surface area contributed by atoms with Crippen molar-refractivity contribution in [1.29, 1.82) is 0 Å². The van der Waals surface area contributed by atoms with Crippen LogP contribution >= 0.6 is 12.2 Å². The molecule has 35 heavy (non-hydrogen) atoms. The van der Waals surface area contributed by atoms with Crippen molar-refractivity contribution in [3.05, 3.63) is 99.6 Å². The minimum absolute atomic E-state index is 0.398. The number of halogens is 2. The molecule has 0 aromatic heterocycles. The van der Waals surface area contributed by atoms with Gasteiger partial charge in [0.2, 0.25) is 0 Å². The molecule has 0 bridgehead atoms. The number of benzene rings is 3. The van der Waals surface area contributed by atoms with Crippen LogP contribution in [-0.2, 0) is 12.8 Å². The van der Waals surface area contributed by atoms with Crippen molar-refractivity contribution in [3.8, 4) is 11.8 Å². The van der Waals surface area contributed by atoms with Crippen LogP contribution in [0, 0.1) is 23.5 Å². The van der Waals surface area contributed by atoms with Crippen molar-refractivity contribution in [2.24, 2.45) is 4.99 Å². The van der Waals surface area contributed by atoms with Gasteiger partial charge >= 0.3 is 0 Å². The van der Waals surface area contributed by atoms with E-state index in [-0.39, 0.29) is 0 Å². The predicted molar refractivity (Wildman–Crippen MR) is 144 cm³/mol. The monoisotopic (exact) mass is 483 g/mol. The molecule has 4 rings (SSSR count). The Morgan fingerprint density at radius 3 is 2.29 bits per heavy atom. The summed E-state index contributed by atoms with van der Waals surface area (Å²) < 4.78 is 28.5. The van der Waals surface area contributed by atoms with Gasteiger partial charge < -0.3 is 0 Å². The number of isothiocyanates is 1. The summed E-state index contributed by atoms with van der Waals surface area (Å²) in [5, 5.41) is 2.02. The lowest BCUT2D eigenvalue weighted by Gasteiger charge is -2.17. The van der Waals surface area contributed by atoms with Gasteiger partial charge in [-0.1, -0.05) is 62.3 Å². The van der Waals surface area contributed by atoms with Gasteiger partial charge in [0.05, 0.1) is 5.16 Å². The van der Waals surface area contributed by atoms with Crippen LogP contribution in [0.1, 0.15) is 72.4 Å². The third kappa shape index (κ3) is 6.40. The summed E-state index contributed by atoms with van der Waals surface area (Å²) in [7, 11) is 0. The number of aliphatic imine (C=N–C) groups is 1. The van der Waals surface area contributed by atoms with E-state index in [1.807, 2.05) is 23.4 Å². The molecule has 0 unspecified atom stereocenters. The fourth-order valence-electron chi connectivity index (χ4n) is 4.36. The number of hydrogen-bond donors (Lipinski definition) is 0. The highest BCUT2D eigenvalue weighted by Crippen LogP contribution is 2.34. The first-order valence-corrected chi connectivity index (χ1v) is 12.5. The highest BCUT2D eigenvalue weighted by atomic mass is 32.1. The van der Waals surface area contributed by atoms with E-state index in [0.717, 1.165) is 35.1 Å². The van der Waals surface area contributed by atoms with Crippen LogP contribution in [0.5, 0.6) is 0 Å². The molecule has 0 atom stereocenters. The van der Waals surface area contributed by atoms with Gasteiger partial charge in [0.1, 0.15) is 5.69 Å². The molecule has 1 aliphatic rings. The van der Waals surface area contributed by atoms with Crippen LogP contribution in [0.15, 0.2) is 59.6 Å². The smallest absolute Gasteiger partial charge is 0.153 e. The lowest BCUT2D eigenvalue weighted by molar-refractivity contribution is 0.587. The molecule has 0 heterocycles. The molecule has 0 saturated heterocycles. The molecular weight excluding hydrogens is 456 g/mol. The van der Waals surface area contributed by atoms with Gasteiger partial charge in [-0.25, -0.2) is 8.78 Å². The molecule has 3 aromatic carbocycles. The maximum atomic E-state index is 14.3. The summed E-state index contributed by atoms with van der Waals surface area (Å²) in [5.74, 6) is 5.06. The van der Waals surface area contributed by atoms with E-state index >= 15 is 0 Å². The Morgan fingerprint density at radius 1 is 0.857 bits per heavy atom. The van der Waals surface area contributed by atoms with Gasteiger partial charge in [-0.15, -0.1) is 0 Å². The average molecular weight is 484 g/mol. The summed E-state index contributed by atoms with van der Waals surface area (Å²) in [4.78, 5) is 3.48. The normalized spacial score (nSPS) is 12.1. The Kier molecular flexibility index (Phi) is 8.37. The first-order chi connectivity index (χ1) is 17.1. The number of allylic oxidation sites excluding steroid dienone is 1. The van der Waals surface area contributed by atoms with E-state index in [1.54, 1.807) is 0 Å². The molecule has 0 aliphatic heterocycles. The van der Waals surface area contributed by atoms with E-state index < -0.39 is 17.3 Å². The van der Waals surface area contributed by atoms with E-state index in [0.29, 0.717) is 12.0 Å². The quantitative estimate of drug-likeness (QED) is 0.142. The van der Waals surface area contributed by atoms with Crippen molar-refractivity contribution in [3.63, 3.8) is 0 Å². The molecule has 1 aliphatic carbocycles. The number of aryl methyl sites for hydroxylation is 2. The zero-order valence-corrected chi connectivity index (χ0v) is 20.7. The number of thiocarbonyl (C=S) groups is 1. The second-order valence-electron chi connectivity index (χ2n) is 8.83. The summed E-state index contributed by atoms with van der Waals surface area (Å²) >= 11 is 4.47. The van der Waals surface area contributed by atoms with E-state index in [9.17, 15) is 8.78 Å². The third-order valence-electron chi connectivity index (χ3n) is 6.31. The Labute approximate surface area is 211 Å². The van der Waals surface area contributed by atoms with Crippen LogP contribution in [0.2, 0.25) is 0 Å². The van der Waals surface area contributed by atoms with E-state index in [2.05, 4.69) is 66.3 Å². The van der Waals surface area contributed by atoms with Crippen molar-refractivity contribution in [2.75, 3.05) is 0 Å². The number of unbranched alkanes of at least 4 members (excludes halogenated alkanes) is 3. The first kappa shape index (κ1) is 24.7. The van der Waals surface area contributed by atoms with Crippen molar-refractivity contribution >= 4 is 34.7 Å². The van der Waals surface area contributed by atoms with Gasteiger partial charge in [0.15, 0.2) is 11.6 Å². The van der Waals surface area contributed by atoms with Gasteiger partial charge in [-0.05, 0) is 102 Å². The van der Waals surface area contributed by atoms with E-state index in [4.69, 9.17) is 0 Å². The number of hydrogen-bond acceptors (Lipinski definition) is 2. The minimum atomic E-state index is -0.737. The molecule has 0 amide bonds. The summed E-state index contributed by atoms with van der Waals surface area (Å²) in [6.45, 7) is 2.23. The predicted octanol–water partition coefficient (Wildman–Crippen LogP) is 8.71. The van der Waals surface area contributed by atoms with Crippen molar-refractivity contribution in [1.82, 2.24) is 0 Å². The molecule has 3 aromatic rings. The minimum Gasteiger partial charge on any atom is -0.204 e. The number of nitrogens with zero attached hydrogens (tertiary/aromatic N) is 1. The lowest BCUT2D eigenvalue weighted by Crippen LogP contribution is -2.00. The zero-order valence-electron chi connectivity index (χ0n) is 19.8. The first-order valence-electron chi connectivity index (χ1n) is 12.1. The Hall–Kier alpha value is -3.38. The SMILES string of the molecule is CCCCCCc1ccc(C#Cc2ccc3c(c2)CCC(c2cc(F)c(N=C=S)c(F)c2)=C3)cc1. The van der Waals surface area contributed by atoms with Gasteiger partial charge in [-0.2, -0.15) is 4.99 Å². The molecular formula is C31H27F2NS. The molecule has 0 radical (unpaired) electrons. The third-order valence-corrected chi connectivity index (χ3v) is 6.40. The molecule has 0 N–H and O–H groups in total. The second kappa shape index (κ2) is 11.8. The van der Waals surface area contributed by atoms with Crippen LogP contribution < -0.4 is 0 Å². The molecule has 0 saturated carbocycles. The van der Waals surface area contributed by atoms with Crippen LogP contribution in [0.3, 0.4) is 0 Å². The maximum absolute atomic E-state index is 14.3. The summed E-state index contributed by atoms with van der Waals surface area (Å²) in [6, 6.07) is 17.3. The topological polar surface area (TPSA) is 12.4 Å². The average Bonchev–Trinajstić information content (AvgIpc) is 2.87. The molecule has 0 fully saturated rings. The van der Waals surface area contributed by atoms with Gasteiger partial charge in [0.25, 0.3) is 0 Å². The molecule has 176 valence electrons. The standard InChI is InChI=1S/C31H27F2NS/c1-2-3-4-5-6-22-7-9-23(10-8-22)11-12-24-13-14-26-18-27(16-15-25(26)17-24)28-19-29(32)31(34-21-35)30(33)20-28/h7-10,13-14,17-20H,2-6,15-16H2,1H3. The molecule has 4 heteroatoms. The summed E-state index contributed by atoms with van der Waals surface area (Å²) in [5.41, 5.74) is 6.58. The highest BCUT2D eigenvalue weighted by Gasteiger charge is 2.16. The van der Waals surface area contributed by atoms with E-state index in [1.165, 1.54) is 48.9 Å². The largest absolute Gasteiger partial charge is 0.204 e. The number of rotatable bonds is 7. The van der Waals surface area contributed by atoms with Crippen LogP contribution in [0.25, 0.3) is 11.6 Å². The van der Waals surface area contributed by atoms with Gasteiger partial charge in [-0.3, -0.25) is 0 Å². The highest BCUT2D eigenvalue weighted by molar-refractivity contribution is 7.78. The maximum Gasteiger partial charge on any atom is 0.153 e. The van der Waals surface area contributed by atoms with Gasteiger partial charge in [0, 0.05) is 11.1 Å². The molecule has 1 nitrogen and oxygen atoms in total. The Morgan fingerprint density at radius 2 is 1.57 bits per heavy atom. The van der Waals surface area contributed by atoms with Crippen molar-refractivity contribution < 1.29 is 8.78 Å². The number of fused-ring (bicyclic) bond motifs is 1. The fraction of sp³-hybridized carbons (Fsp3) is 0.258. The zero-order chi connectivity index (χ0) is 24.6.